The lowest BCUT2D eigenvalue weighted by atomic mass is 9.90. The molecule has 0 saturated heterocycles. The molecule has 0 atom stereocenters. The summed E-state index contributed by atoms with van der Waals surface area (Å²) in [5.74, 6) is 0. The number of unbranched alkanes of at least 4 members (excludes halogenated alkanes) is 2. The molecule has 0 unspecified atom stereocenters. The van der Waals surface area contributed by atoms with Gasteiger partial charge in [-0.25, -0.2) is 0 Å². The minimum Gasteiger partial charge on any atom is -0.398 e. The first-order chi connectivity index (χ1) is 16.6. The lowest BCUT2D eigenvalue weighted by molar-refractivity contribution is 0.795. The van der Waals surface area contributed by atoms with Crippen molar-refractivity contribution in [2.45, 2.75) is 52.4 Å². The van der Waals surface area contributed by atoms with Crippen molar-refractivity contribution in [3.63, 3.8) is 0 Å². The molecule has 0 fully saturated rings. The highest BCUT2D eigenvalue weighted by Crippen LogP contribution is 2.39. The van der Waals surface area contributed by atoms with E-state index in [1.165, 1.54) is 62.6 Å². The van der Waals surface area contributed by atoms with Crippen LogP contribution in [0.3, 0.4) is 0 Å². The highest BCUT2D eigenvalue weighted by molar-refractivity contribution is 14.1. The second kappa shape index (κ2) is 11.7. The fourth-order valence-electron chi connectivity index (χ4n) is 4.40. The molecule has 0 aromatic heterocycles. The summed E-state index contributed by atoms with van der Waals surface area (Å²) in [6.07, 6.45) is 7.14. The number of rotatable bonds is 9. The van der Waals surface area contributed by atoms with E-state index in [2.05, 4.69) is 121 Å². The Morgan fingerprint density at radius 3 is 1.38 bits per heavy atom. The van der Waals surface area contributed by atoms with Crippen LogP contribution in [0.2, 0.25) is 0 Å². The van der Waals surface area contributed by atoms with Gasteiger partial charge in [0.2, 0.25) is 0 Å². The van der Waals surface area contributed by atoms with Gasteiger partial charge in [-0.1, -0.05) is 87.4 Å². The Balaban J connectivity index is 1.79. The Morgan fingerprint density at radius 2 is 0.971 bits per heavy atom. The van der Waals surface area contributed by atoms with Crippen LogP contribution in [-0.4, -0.2) is 0 Å². The summed E-state index contributed by atoms with van der Waals surface area (Å²) in [7, 11) is 0. The average Bonchev–Trinajstić information content (AvgIpc) is 2.88. The number of hydrogen-bond donors (Lipinski definition) is 1. The number of nitrogens with two attached hydrogens (primary N) is 1. The third-order valence-corrected chi connectivity index (χ3v) is 7.24. The van der Waals surface area contributed by atoms with E-state index < -0.39 is 0 Å². The summed E-state index contributed by atoms with van der Waals surface area (Å²) in [4.78, 5) is 0. The quantitative estimate of drug-likeness (QED) is 0.160. The van der Waals surface area contributed by atoms with Gasteiger partial charge in [0.05, 0.1) is 0 Å². The molecule has 0 heterocycles. The first kappa shape index (κ1) is 24.5. The van der Waals surface area contributed by atoms with Crippen LogP contribution in [0.4, 0.5) is 5.69 Å². The molecule has 0 amide bonds. The SMILES string of the molecule is CCCCc1ccc(-c2cc(-c3ccc(I)cc3)cc(-c3ccc(CCCC)cc3)c2N)cc1. The smallest absolute Gasteiger partial charge is 0.0473 e. The molecule has 0 aliphatic heterocycles. The number of anilines is 1. The zero-order valence-corrected chi connectivity index (χ0v) is 22.4. The standard InChI is InChI=1S/C32H34IN/c1-3-5-7-23-9-13-26(14-10-23)30-21-28(25-17-19-29(33)20-18-25)22-31(32(30)34)27-15-11-24(12-16-27)8-6-4-2/h9-22H,3-8,34H2,1-2H3. The van der Waals surface area contributed by atoms with Gasteiger partial charge in [0.25, 0.3) is 0 Å². The van der Waals surface area contributed by atoms with Crippen molar-refractivity contribution in [3.05, 3.63) is 99.6 Å². The number of aryl methyl sites for hydroxylation is 2. The summed E-state index contributed by atoms with van der Waals surface area (Å²) >= 11 is 2.36. The highest BCUT2D eigenvalue weighted by atomic mass is 127. The molecule has 0 bridgehead atoms. The molecule has 4 aromatic rings. The molecule has 0 aliphatic rings. The van der Waals surface area contributed by atoms with Crippen LogP contribution in [0, 0.1) is 3.57 Å². The van der Waals surface area contributed by atoms with Gasteiger partial charge in [-0.05, 0) is 106 Å². The van der Waals surface area contributed by atoms with E-state index in [9.17, 15) is 0 Å². The topological polar surface area (TPSA) is 26.0 Å². The fraction of sp³-hybridized carbons (Fsp3) is 0.250. The van der Waals surface area contributed by atoms with Crippen molar-refractivity contribution in [1.82, 2.24) is 0 Å². The van der Waals surface area contributed by atoms with E-state index in [1.54, 1.807) is 0 Å². The third kappa shape index (κ3) is 5.90. The van der Waals surface area contributed by atoms with Crippen LogP contribution in [0.5, 0.6) is 0 Å². The Labute approximate surface area is 218 Å². The molecule has 4 rings (SSSR count). The Bertz CT molecular complexity index is 1130. The Morgan fingerprint density at radius 1 is 0.559 bits per heavy atom. The minimum atomic E-state index is 0.844. The van der Waals surface area contributed by atoms with Crippen LogP contribution in [0.1, 0.15) is 50.7 Å². The largest absolute Gasteiger partial charge is 0.398 e. The lowest BCUT2D eigenvalue weighted by Gasteiger charge is -2.16. The first-order valence-electron chi connectivity index (χ1n) is 12.5. The fourth-order valence-corrected chi connectivity index (χ4v) is 4.76. The van der Waals surface area contributed by atoms with Crippen molar-refractivity contribution in [1.29, 1.82) is 0 Å². The van der Waals surface area contributed by atoms with Gasteiger partial charge in [-0.2, -0.15) is 0 Å². The van der Waals surface area contributed by atoms with E-state index >= 15 is 0 Å². The summed E-state index contributed by atoms with van der Waals surface area (Å²) in [6, 6.07) is 31.1. The van der Waals surface area contributed by atoms with Gasteiger partial charge >= 0.3 is 0 Å². The Kier molecular flexibility index (Phi) is 8.44. The van der Waals surface area contributed by atoms with Crippen molar-refractivity contribution in [3.8, 4) is 33.4 Å². The van der Waals surface area contributed by atoms with Gasteiger partial charge < -0.3 is 5.73 Å². The average molecular weight is 560 g/mol. The van der Waals surface area contributed by atoms with Gasteiger partial charge in [-0.3, -0.25) is 0 Å². The first-order valence-corrected chi connectivity index (χ1v) is 13.5. The number of hydrogen-bond acceptors (Lipinski definition) is 1. The number of nitrogen functional groups attached to an aromatic ring is 1. The zero-order chi connectivity index (χ0) is 23.9. The maximum absolute atomic E-state index is 6.85. The predicted molar refractivity (Wildman–Crippen MR) is 157 cm³/mol. The summed E-state index contributed by atoms with van der Waals surface area (Å²) in [5, 5.41) is 0. The molecule has 174 valence electrons. The molecule has 2 N–H and O–H groups in total. The summed E-state index contributed by atoms with van der Waals surface area (Å²) in [5.41, 5.74) is 17.4. The summed E-state index contributed by atoms with van der Waals surface area (Å²) in [6.45, 7) is 4.48. The van der Waals surface area contributed by atoms with Crippen LogP contribution in [0.15, 0.2) is 84.9 Å². The van der Waals surface area contributed by atoms with E-state index in [0.717, 1.165) is 29.7 Å². The van der Waals surface area contributed by atoms with Crippen LogP contribution < -0.4 is 5.73 Å². The monoisotopic (exact) mass is 559 g/mol. The molecule has 0 radical (unpaired) electrons. The van der Waals surface area contributed by atoms with Crippen LogP contribution >= 0.6 is 22.6 Å². The molecule has 2 heteroatoms. The van der Waals surface area contributed by atoms with Gasteiger partial charge in [-0.15, -0.1) is 0 Å². The van der Waals surface area contributed by atoms with Crippen molar-refractivity contribution in [2.24, 2.45) is 0 Å². The lowest BCUT2D eigenvalue weighted by Crippen LogP contribution is -1.97. The number of halogens is 1. The van der Waals surface area contributed by atoms with Gasteiger partial charge in [0.15, 0.2) is 0 Å². The second-order valence-corrected chi connectivity index (χ2v) is 10.3. The summed E-state index contributed by atoms with van der Waals surface area (Å²) < 4.78 is 1.24. The van der Waals surface area contributed by atoms with Gasteiger partial charge in [0.1, 0.15) is 0 Å². The van der Waals surface area contributed by atoms with Gasteiger partial charge in [0, 0.05) is 20.4 Å². The number of benzene rings is 4. The molecule has 0 aliphatic carbocycles. The zero-order valence-electron chi connectivity index (χ0n) is 20.3. The molecular formula is C32H34IN. The molecule has 34 heavy (non-hydrogen) atoms. The maximum Gasteiger partial charge on any atom is 0.0473 e. The van der Waals surface area contributed by atoms with E-state index in [-0.39, 0.29) is 0 Å². The molecule has 4 aromatic carbocycles. The molecule has 0 saturated carbocycles. The van der Waals surface area contributed by atoms with E-state index in [4.69, 9.17) is 5.73 Å². The molecule has 1 nitrogen and oxygen atoms in total. The van der Waals surface area contributed by atoms with Crippen molar-refractivity contribution >= 4 is 28.3 Å². The second-order valence-electron chi connectivity index (χ2n) is 9.09. The van der Waals surface area contributed by atoms with Crippen molar-refractivity contribution in [2.75, 3.05) is 5.73 Å². The molecule has 0 spiro atoms. The third-order valence-electron chi connectivity index (χ3n) is 6.53. The predicted octanol–water partition coefficient (Wildman–Crippen LogP) is 9.56. The highest BCUT2D eigenvalue weighted by Gasteiger charge is 2.13. The normalized spacial score (nSPS) is 11.0. The Hall–Kier alpha value is -2.59. The van der Waals surface area contributed by atoms with Crippen molar-refractivity contribution < 1.29 is 0 Å². The molecular weight excluding hydrogens is 525 g/mol. The van der Waals surface area contributed by atoms with E-state index in [0.29, 0.717) is 0 Å². The van der Waals surface area contributed by atoms with Crippen LogP contribution in [0.25, 0.3) is 33.4 Å². The minimum absolute atomic E-state index is 0.844. The van der Waals surface area contributed by atoms with E-state index in [1.807, 2.05) is 0 Å². The van der Waals surface area contributed by atoms with Crippen LogP contribution in [-0.2, 0) is 12.8 Å². The maximum atomic E-state index is 6.85.